The highest BCUT2D eigenvalue weighted by Gasteiger charge is 2.30. The third-order valence-corrected chi connectivity index (χ3v) is 4.43. The van der Waals surface area contributed by atoms with Crippen LogP contribution in [0.2, 0.25) is 0 Å². The number of pyridine rings is 1. The highest BCUT2D eigenvalue weighted by atomic mass is 16.3. The molecule has 1 aliphatic carbocycles. The van der Waals surface area contributed by atoms with E-state index in [9.17, 15) is 0 Å². The second-order valence-electron chi connectivity index (χ2n) is 5.87. The number of hydrogen-bond acceptors (Lipinski definition) is 3. The Morgan fingerprint density at radius 1 is 1.38 bits per heavy atom. The first-order valence-corrected chi connectivity index (χ1v) is 8.08. The van der Waals surface area contributed by atoms with Gasteiger partial charge in [-0.3, -0.25) is 4.98 Å². The number of aromatic nitrogens is 1. The predicted molar refractivity (Wildman–Crippen MR) is 84.4 cm³/mol. The smallest absolute Gasteiger partial charge is 0.103 e. The van der Waals surface area contributed by atoms with Crippen LogP contribution in [-0.2, 0) is 12.8 Å². The largest absolute Gasteiger partial charge is 0.469 e. The molecule has 0 fully saturated rings. The van der Waals surface area contributed by atoms with Gasteiger partial charge in [0, 0.05) is 30.3 Å². The van der Waals surface area contributed by atoms with E-state index >= 15 is 0 Å². The number of nitrogens with zero attached hydrogens (tertiary/aromatic N) is 1. The van der Waals surface area contributed by atoms with E-state index in [1.165, 1.54) is 30.5 Å². The minimum Gasteiger partial charge on any atom is -0.469 e. The van der Waals surface area contributed by atoms with Gasteiger partial charge in [0.1, 0.15) is 5.76 Å². The fraction of sp³-hybridized carbons (Fsp3) is 0.500. The van der Waals surface area contributed by atoms with Crippen LogP contribution >= 0.6 is 0 Å². The Morgan fingerprint density at radius 2 is 2.33 bits per heavy atom. The Morgan fingerprint density at radius 3 is 3.14 bits per heavy atom. The van der Waals surface area contributed by atoms with Crippen LogP contribution in [0, 0.1) is 0 Å². The maximum atomic E-state index is 5.48. The van der Waals surface area contributed by atoms with Crippen molar-refractivity contribution < 1.29 is 4.42 Å². The summed E-state index contributed by atoms with van der Waals surface area (Å²) in [6.45, 7) is 3.29. The minimum absolute atomic E-state index is 0.492. The Labute approximate surface area is 126 Å². The molecule has 21 heavy (non-hydrogen) atoms. The summed E-state index contributed by atoms with van der Waals surface area (Å²) in [5.41, 5.74) is 2.74. The normalized spacial score (nSPS) is 18.6. The molecule has 2 atom stereocenters. The summed E-state index contributed by atoms with van der Waals surface area (Å²) >= 11 is 0. The lowest BCUT2D eigenvalue weighted by Gasteiger charge is -2.25. The first kappa shape index (κ1) is 14.3. The van der Waals surface area contributed by atoms with Gasteiger partial charge in [-0.05, 0) is 56.0 Å². The van der Waals surface area contributed by atoms with Gasteiger partial charge in [0.2, 0.25) is 0 Å². The topological polar surface area (TPSA) is 38.1 Å². The molecule has 1 aliphatic rings. The predicted octanol–water partition coefficient (Wildman–Crippen LogP) is 3.71. The van der Waals surface area contributed by atoms with Crippen molar-refractivity contribution >= 4 is 0 Å². The molecule has 2 aromatic heterocycles. The number of rotatable bonds is 7. The van der Waals surface area contributed by atoms with E-state index in [0.717, 1.165) is 25.1 Å². The number of hydrogen-bond donors (Lipinski definition) is 1. The van der Waals surface area contributed by atoms with Crippen molar-refractivity contribution in [1.29, 1.82) is 0 Å². The molecular weight excluding hydrogens is 260 g/mol. The van der Waals surface area contributed by atoms with Crippen molar-refractivity contribution in [3.63, 3.8) is 0 Å². The number of nitrogens with one attached hydrogen (secondary N) is 1. The van der Waals surface area contributed by atoms with Crippen molar-refractivity contribution in [2.24, 2.45) is 0 Å². The Kier molecular flexibility index (Phi) is 4.71. The molecule has 2 heterocycles. The first-order valence-electron chi connectivity index (χ1n) is 8.08. The molecule has 0 saturated heterocycles. The van der Waals surface area contributed by atoms with Crippen molar-refractivity contribution in [3.8, 4) is 0 Å². The summed E-state index contributed by atoms with van der Waals surface area (Å²) in [4.78, 5) is 4.65. The summed E-state index contributed by atoms with van der Waals surface area (Å²) in [5.74, 6) is 1.63. The van der Waals surface area contributed by atoms with Gasteiger partial charge < -0.3 is 9.73 Å². The fourth-order valence-electron chi connectivity index (χ4n) is 3.36. The van der Waals surface area contributed by atoms with Crippen LogP contribution in [-0.4, -0.2) is 17.6 Å². The molecular formula is C18H24N2O. The quantitative estimate of drug-likeness (QED) is 0.842. The maximum Gasteiger partial charge on any atom is 0.103 e. The van der Waals surface area contributed by atoms with E-state index in [-0.39, 0.29) is 0 Å². The molecule has 0 spiro atoms. The fourth-order valence-corrected chi connectivity index (χ4v) is 3.36. The van der Waals surface area contributed by atoms with Gasteiger partial charge in [-0.25, -0.2) is 0 Å². The zero-order valence-corrected chi connectivity index (χ0v) is 12.7. The molecule has 0 bridgehead atoms. The van der Waals surface area contributed by atoms with Crippen LogP contribution in [0.5, 0.6) is 0 Å². The third kappa shape index (κ3) is 3.35. The average Bonchev–Trinajstić information content (AvgIpc) is 3.17. The van der Waals surface area contributed by atoms with E-state index < -0.39 is 0 Å². The maximum absolute atomic E-state index is 5.48. The lowest BCUT2D eigenvalue weighted by molar-refractivity contribution is 0.386. The van der Waals surface area contributed by atoms with Gasteiger partial charge >= 0.3 is 0 Å². The molecule has 0 amide bonds. The molecule has 2 aromatic rings. The van der Waals surface area contributed by atoms with Crippen LogP contribution in [0.1, 0.15) is 49.1 Å². The van der Waals surface area contributed by atoms with Gasteiger partial charge in [0.15, 0.2) is 0 Å². The van der Waals surface area contributed by atoms with Crippen LogP contribution in [0.3, 0.4) is 0 Å². The van der Waals surface area contributed by atoms with E-state index in [1.807, 2.05) is 12.3 Å². The van der Waals surface area contributed by atoms with Crippen LogP contribution < -0.4 is 5.32 Å². The average molecular weight is 284 g/mol. The highest BCUT2D eigenvalue weighted by Crippen LogP contribution is 2.35. The molecule has 2 unspecified atom stereocenters. The van der Waals surface area contributed by atoms with Crippen LogP contribution in [0.4, 0.5) is 0 Å². The second kappa shape index (κ2) is 6.90. The van der Waals surface area contributed by atoms with Gasteiger partial charge in [0.05, 0.1) is 6.26 Å². The summed E-state index contributed by atoms with van der Waals surface area (Å²) in [7, 11) is 0. The molecule has 0 saturated carbocycles. The molecule has 3 rings (SSSR count). The molecule has 0 radical (unpaired) electrons. The minimum atomic E-state index is 0.492. The lowest BCUT2D eigenvalue weighted by atomic mass is 9.92. The zero-order valence-electron chi connectivity index (χ0n) is 12.7. The molecule has 1 N–H and O–H groups in total. The van der Waals surface area contributed by atoms with E-state index in [4.69, 9.17) is 4.42 Å². The van der Waals surface area contributed by atoms with E-state index in [2.05, 4.69) is 35.4 Å². The van der Waals surface area contributed by atoms with Crippen molar-refractivity contribution in [1.82, 2.24) is 10.3 Å². The molecule has 3 nitrogen and oxygen atoms in total. The number of aryl methyl sites for hydroxylation is 2. The number of furan rings is 1. The molecule has 0 aliphatic heterocycles. The van der Waals surface area contributed by atoms with Gasteiger partial charge in [0.25, 0.3) is 0 Å². The standard InChI is InChI=1S/C18H24N2O/c1-2-11-19-17(10-8-15-6-4-13-21-15)16-9-7-14-5-3-12-20-18(14)16/h3-6,12-13,16-17,19H,2,7-11H2,1H3. The second-order valence-corrected chi connectivity index (χ2v) is 5.87. The summed E-state index contributed by atoms with van der Waals surface area (Å²) < 4.78 is 5.48. The van der Waals surface area contributed by atoms with Crippen molar-refractivity contribution in [2.75, 3.05) is 6.54 Å². The molecule has 0 aromatic carbocycles. The van der Waals surface area contributed by atoms with Gasteiger partial charge in [-0.15, -0.1) is 0 Å². The zero-order chi connectivity index (χ0) is 14.5. The van der Waals surface area contributed by atoms with Crippen molar-refractivity contribution in [3.05, 3.63) is 53.7 Å². The highest BCUT2D eigenvalue weighted by molar-refractivity contribution is 5.30. The van der Waals surface area contributed by atoms with Crippen LogP contribution in [0.25, 0.3) is 0 Å². The monoisotopic (exact) mass is 284 g/mol. The third-order valence-electron chi connectivity index (χ3n) is 4.43. The summed E-state index contributed by atoms with van der Waals surface area (Å²) in [6.07, 6.45) is 9.34. The Hall–Kier alpha value is -1.61. The Bertz CT molecular complexity index is 550. The summed E-state index contributed by atoms with van der Waals surface area (Å²) in [5, 5.41) is 3.73. The molecule has 112 valence electrons. The number of fused-ring (bicyclic) bond motifs is 1. The van der Waals surface area contributed by atoms with Gasteiger partial charge in [-0.1, -0.05) is 13.0 Å². The van der Waals surface area contributed by atoms with E-state index in [1.54, 1.807) is 6.26 Å². The lowest BCUT2D eigenvalue weighted by Crippen LogP contribution is -2.35. The Balaban J connectivity index is 1.70. The molecule has 3 heteroatoms. The van der Waals surface area contributed by atoms with E-state index in [0.29, 0.717) is 12.0 Å². The van der Waals surface area contributed by atoms with Gasteiger partial charge in [-0.2, -0.15) is 0 Å². The first-order chi connectivity index (χ1) is 10.4. The van der Waals surface area contributed by atoms with Crippen LogP contribution in [0.15, 0.2) is 41.1 Å². The van der Waals surface area contributed by atoms with Crippen molar-refractivity contribution in [2.45, 2.75) is 51.0 Å². The SMILES string of the molecule is CCCNC(CCc1ccco1)C1CCc2cccnc21. The summed E-state index contributed by atoms with van der Waals surface area (Å²) in [6, 6.07) is 8.81.